The number of likely N-dealkylation sites (tertiary alicyclic amines) is 1. The first-order valence-electron chi connectivity index (χ1n) is 9.48. The van der Waals surface area contributed by atoms with Crippen molar-refractivity contribution in [3.8, 4) is 5.75 Å². The summed E-state index contributed by atoms with van der Waals surface area (Å²) in [6.45, 7) is 4.24. The Balaban J connectivity index is 0.00000180. The Hall–Kier alpha value is -2.01. The molecule has 1 spiro atoms. The van der Waals surface area contributed by atoms with Crippen LogP contribution in [0.25, 0.3) is 10.9 Å². The van der Waals surface area contributed by atoms with Crippen molar-refractivity contribution in [3.05, 3.63) is 65.4 Å². The molecule has 142 valence electrons. The molecule has 2 aliphatic rings. The first-order chi connectivity index (χ1) is 12.8. The Morgan fingerprint density at radius 3 is 2.81 bits per heavy atom. The Morgan fingerprint density at radius 1 is 1.15 bits per heavy atom. The van der Waals surface area contributed by atoms with Crippen molar-refractivity contribution in [2.75, 3.05) is 26.7 Å². The van der Waals surface area contributed by atoms with E-state index in [-0.39, 0.29) is 17.9 Å². The van der Waals surface area contributed by atoms with Crippen molar-refractivity contribution in [2.45, 2.75) is 24.9 Å². The number of nitrogens with zero attached hydrogens (tertiary/aromatic N) is 1. The van der Waals surface area contributed by atoms with Gasteiger partial charge in [0.15, 0.2) is 0 Å². The SMILES string of the molecule is COc1ccc2[nH]c3c(c2c1)CCNC31CCN(Cc2ccccc2)C1.Cl. The van der Waals surface area contributed by atoms with Crippen LogP contribution in [-0.4, -0.2) is 36.6 Å². The summed E-state index contributed by atoms with van der Waals surface area (Å²) >= 11 is 0. The van der Waals surface area contributed by atoms with Crippen molar-refractivity contribution < 1.29 is 4.74 Å². The van der Waals surface area contributed by atoms with Gasteiger partial charge in [0.1, 0.15) is 5.75 Å². The van der Waals surface area contributed by atoms with Crippen molar-refractivity contribution in [1.82, 2.24) is 15.2 Å². The smallest absolute Gasteiger partial charge is 0.119 e. The summed E-state index contributed by atoms with van der Waals surface area (Å²) in [7, 11) is 1.74. The van der Waals surface area contributed by atoms with Crippen LogP contribution in [0.1, 0.15) is 23.2 Å². The molecule has 27 heavy (non-hydrogen) atoms. The zero-order chi connectivity index (χ0) is 17.6. The van der Waals surface area contributed by atoms with Crippen LogP contribution in [0.4, 0.5) is 0 Å². The van der Waals surface area contributed by atoms with E-state index in [4.69, 9.17) is 4.74 Å². The molecule has 3 aromatic rings. The normalized spacial score (nSPS) is 22.0. The van der Waals surface area contributed by atoms with Gasteiger partial charge in [-0.3, -0.25) is 4.90 Å². The quantitative estimate of drug-likeness (QED) is 0.721. The summed E-state index contributed by atoms with van der Waals surface area (Å²) in [5.74, 6) is 0.934. The molecule has 1 unspecified atom stereocenters. The van der Waals surface area contributed by atoms with Gasteiger partial charge in [-0.25, -0.2) is 0 Å². The maximum absolute atomic E-state index is 5.45. The summed E-state index contributed by atoms with van der Waals surface area (Å²) in [6.07, 6.45) is 2.22. The predicted molar refractivity (Wildman–Crippen MR) is 112 cm³/mol. The van der Waals surface area contributed by atoms with Crippen LogP contribution in [-0.2, 0) is 18.5 Å². The molecule has 1 saturated heterocycles. The zero-order valence-electron chi connectivity index (χ0n) is 15.6. The van der Waals surface area contributed by atoms with Crippen molar-refractivity contribution in [3.63, 3.8) is 0 Å². The number of H-pyrrole nitrogens is 1. The lowest BCUT2D eigenvalue weighted by molar-refractivity contribution is 0.265. The third-order valence-electron chi connectivity index (χ3n) is 6.03. The van der Waals surface area contributed by atoms with Crippen LogP contribution in [0.2, 0.25) is 0 Å². The first kappa shape index (κ1) is 18.4. The van der Waals surface area contributed by atoms with Gasteiger partial charge >= 0.3 is 0 Å². The molecule has 4 nitrogen and oxygen atoms in total. The van der Waals surface area contributed by atoms with Gasteiger partial charge < -0.3 is 15.0 Å². The molecule has 3 heterocycles. The molecule has 0 bridgehead atoms. The van der Waals surface area contributed by atoms with E-state index in [9.17, 15) is 0 Å². The highest BCUT2D eigenvalue weighted by atomic mass is 35.5. The standard InChI is InChI=1S/C22H25N3O.ClH/c1-26-17-7-8-20-19(13-17)18-9-11-23-22(21(18)24-20)10-12-25(15-22)14-16-5-3-2-4-6-16;/h2-8,13,23-24H,9-12,14-15H2,1H3;1H. The number of methoxy groups -OCH3 is 1. The molecule has 5 heteroatoms. The second-order valence-corrected chi connectivity index (χ2v) is 7.60. The van der Waals surface area contributed by atoms with E-state index in [0.717, 1.165) is 44.8 Å². The van der Waals surface area contributed by atoms with Crippen LogP contribution in [0.3, 0.4) is 0 Å². The molecule has 0 saturated carbocycles. The Morgan fingerprint density at radius 2 is 2.00 bits per heavy atom. The molecule has 0 radical (unpaired) electrons. The fraction of sp³-hybridized carbons (Fsp3) is 0.364. The largest absolute Gasteiger partial charge is 0.497 e. The van der Waals surface area contributed by atoms with E-state index in [2.05, 4.69) is 57.7 Å². The second kappa shape index (κ2) is 7.19. The topological polar surface area (TPSA) is 40.3 Å². The molecule has 2 aromatic carbocycles. The summed E-state index contributed by atoms with van der Waals surface area (Å²) in [5.41, 5.74) is 5.53. The number of aromatic amines is 1. The number of hydrogen-bond acceptors (Lipinski definition) is 3. The number of aromatic nitrogens is 1. The number of ether oxygens (including phenoxy) is 1. The fourth-order valence-electron chi connectivity index (χ4n) is 4.75. The lowest BCUT2D eigenvalue weighted by atomic mass is 9.86. The molecule has 1 fully saturated rings. The van der Waals surface area contributed by atoms with E-state index in [1.807, 2.05) is 6.07 Å². The molecular formula is C22H26ClN3O. The van der Waals surface area contributed by atoms with E-state index < -0.39 is 0 Å². The number of nitrogens with one attached hydrogen (secondary N) is 2. The summed E-state index contributed by atoms with van der Waals surface area (Å²) in [6, 6.07) is 17.2. The minimum atomic E-state index is 0. The van der Waals surface area contributed by atoms with Crippen molar-refractivity contribution >= 4 is 23.3 Å². The van der Waals surface area contributed by atoms with Crippen LogP contribution in [0.5, 0.6) is 5.75 Å². The highest BCUT2D eigenvalue weighted by molar-refractivity contribution is 5.87. The van der Waals surface area contributed by atoms with Crippen LogP contribution < -0.4 is 10.1 Å². The van der Waals surface area contributed by atoms with E-state index in [0.29, 0.717) is 0 Å². The highest BCUT2D eigenvalue weighted by Crippen LogP contribution is 2.40. The van der Waals surface area contributed by atoms with Gasteiger partial charge in [0.05, 0.1) is 12.6 Å². The molecule has 5 rings (SSSR count). The maximum Gasteiger partial charge on any atom is 0.119 e. The van der Waals surface area contributed by atoms with E-state index >= 15 is 0 Å². The predicted octanol–water partition coefficient (Wildman–Crippen LogP) is 3.85. The van der Waals surface area contributed by atoms with Gasteiger partial charge in [-0.15, -0.1) is 12.4 Å². The third kappa shape index (κ3) is 3.12. The average molecular weight is 384 g/mol. The second-order valence-electron chi connectivity index (χ2n) is 7.60. The lowest BCUT2D eigenvalue weighted by Crippen LogP contribution is -2.49. The molecular weight excluding hydrogens is 358 g/mol. The van der Waals surface area contributed by atoms with Crippen molar-refractivity contribution in [1.29, 1.82) is 0 Å². The van der Waals surface area contributed by atoms with E-state index in [1.165, 1.54) is 27.7 Å². The maximum atomic E-state index is 5.45. The van der Waals surface area contributed by atoms with Crippen LogP contribution in [0, 0.1) is 0 Å². The van der Waals surface area contributed by atoms with E-state index in [1.54, 1.807) is 7.11 Å². The van der Waals surface area contributed by atoms with Gasteiger partial charge in [0, 0.05) is 42.8 Å². The number of halogens is 1. The minimum Gasteiger partial charge on any atom is -0.497 e. The van der Waals surface area contributed by atoms with Gasteiger partial charge in [0.2, 0.25) is 0 Å². The van der Waals surface area contributed by atoms with Gasteiger partial charge in [0.25, 0.3) is 0 Å². The molecule has 2 aliphatic heterocycles. The number of fused-ring (bicyclic) bond motifs is 4. The Labute approximate surface area is 166 Å². The van der Waals surface area contributed by atoms with Gasteiger partial charge in [-0.1, -0.05) is 30.3 Å². The number of benzene rings is 2. The summed E-state index contributed by atoms with van der Waals surface area (Å²) in [5, 5.41) is 5.17. The molecule has 1 atom stereocenters. The number of rotatable bonds is 3. The number of hydrogen-bond donors (Lipinski definition) is 2. The molecule has 0 aliphatic carbocycles. The van der Waals surface area contributed by atoms with Gasteiger partial charge in [-0.2, -0.15) is 0 Å². The highest BCUT2D eigenvalue weighted by Gasteiger charge is 2.43. The Bertz CT molecular complexity index is 939. The lowest BCUT2D eigenvalue weighted by Gasteiger charge is -2.35. The zero-order valence-corrected chi connectivity index (χ0v) is 16.4. The minimum absolute atomic E-state index is 0. The first-order valence-corrected chi connectivity index (χ1v) is 9.48. The molecule has 1 aromatic heterocycles. The third-order valence-corrected chi connectivity index (χ3v) is 6.03. The molecule has 0 amide bonds. The van der Waals surface area contributed by atoms with Crippen molar-refractivity contribution in [2.24, 2.45) is 0 Å². The van der Waals surface area contributed by atoms with Crippen LogP contribution >= 0.6 is 12.4 Å². The Kier molecular flexibility index (Phi) is 4.89. The van der Waals surface area contributed by atoms with Crippen LogP contribution in [0.15, 0.2) is 48.5 Å². The summed E-state index contributed by atoms with van der Waals surface area (Å²) < 4.78 is 5.45. The molecule has 2 N–H and O–H groups in total. The van der Waals surface area contributed by atoms with Gasteiger partial charge in [-0.05, 0) is 42.2 Å². The summed E-state index contributed by atoms with van der Waals surface area (Å²) in [4.78, 5) is 6.31. The monoisotopic (exact) mass is 383 g/mol. The fourth-order valence-corrected chi connectivity index (χ4v) is 4.75. The average Bonchev–Trinajstić information content (AvgIpc) is 3.25.